The summed E-state index contributed by atoms with van der Waals surface area (Å²) in [6.45, 7) is 4.67. The summed E-state index contributed by atoms with van der Waals surface area (Å²) in [5.74, 6) is 2.18. The summed E-state index contributed by atoms with van der Waals surface area (Å²) in [6.07, 6.45) is 6.04. The minimum Gasteiger partial charge on any atom is -0.261 e. The van der Waals surface area contributed by atoms with Gasteiger partial charge < -0.3 is 0 Å². The van der Waals surface area contributed by atoms with E-state index in [0.717, 1.165) is 11.8 Å². The number of nitrogens with zero attached hydrogens (tertiary/aromatic N) is 1. The van der Waals surface area contributed by atoms with E-state index in [9.17, 15) is 0 Å². The molecule has 0 spiro atoms. The Morgan fingerprint density at radius 3 is 2.75 bits per heavy atom. The average Bonchev–Trinajstić information content (AvgIpc) is 2.75. The van der Waals surface area contributed by atoms with E-state index in [-0.39, 0.29) is 0 Å². The smallest absolute Gasteiger partial charge is 0.0442 e. The highest BCUT2D eigenvalue weighted by Crippen LogP contribution is 2.41. The van der Waals surface area contributed by atoms with Gasteiger partial charge in [0.25, 0.3) is 0 Å². The van der Waals surface area contributed by atoms with Crippen molar-refractivity contribution in [3.05, 3.63) is 30.1 Å². The number of aromatic nitrogens is 1. The summed E-state index contributed by atoms with van der Waals surface area (Å²) in [5.41, 5.74) is 1.21. The lowest BCUT2D eigenvalue weighted by molar-refractivity contribution is 0.382. The molecule has 0 saturated heterocycles. The number of alkyl halides is 1. The second-order valence-corrected chi connectivity index (χ2v) is 6.12. The van der Waals surface area contributed by atoms with Gasteiger partial charge in [0, 0.05) is 22.6 Å². The second-order valence-electron chi connectivity index (χ2n) is 5.06. The summed E-state index contributed by atoms with van der Waals surface area (Å²) >= 11 is 3.91. The zero-order chi connectivity index (χ0) is 11.5. The molecule has 0 aromatic carbocycles. The Hall–Kier alpha value is -0.370. The van der Waals surface area contributed by atoms with Crippen LogP contribution in [0.4, 0.5) is 0 Å². The molecule has 88 valence electrons. The van der Waals surface area contributed by atoms with Gasteiger partial charge in [-0.25, -0.2) is 0 Å². The summed E-state index contributed by atoms with van der Waals surface area (Å²) < 4.78 is 0. The minimum absolute atomic E-state index is 0.506. The van der Waals surface area contributed by atoms with E-state index >= 15 is 0 Å². The van der Waals surface area contributed by atoms with Crippen LogP contribution < -0.4 is 0 Å². The molecule has 1 aliphatic rings. The lowest BCUT2D eigenvalue weighted by atomic mass is 9.87. The van der Waals surface area contributed by atoms with Crippen molar-refractivity contribution in [2.24, 2.45) is 11.8 Å². The molecular formula is C14H20BrN. The Morgan fingerprint density at radius 2 is 2.19 bits per heavy atom. The molecule has 1 aromatic heterocycles. The fourth-order valence-electron chi connectivity index (χ4n) is 2.83. The van der Waals surface area contributed by atoms with Crippen LogP contribution in [0.5, 0.6) is 0 Å². The zero-order valence-electron chi connectivity index (χ0n) is 10.1. The molecule has 0 amide bonds. The van der Waals surface area contributed by atoms with Crippen LogP contribution in [-0.2, 0) is 0 Å². The van der Waals surface area contributed by atoms with Crippen molar-refractivity contribution in [1.29, 1.82) is 0 Å². The van der Waals surface area contributed by atoms with Gasteiger partial charge in [-0.2, -0.15) is 0 Å². The Kier molecular flexibility index (Phi) is 4.01. The van der Waals surface area contributed by atoms with Gasteiger partial charge in [0.2, 0.25) is 0 Å². The highest BCUT2D eigenvalue weighted by molar-refractivity contribution is 9.09. The van der Waals surface area contributed by atoms with Crippen LogP contribution in [-0.4, -0.2) is 9.81 Å². The monoisotopic (exact) mass is 281 g/mol. The normalized spacial score (nSPS) is 28.9. The van der Waals surface area contributed by atoms with Gasteiger partial charge in [-0.3, -0.25) is 4.98 Å². The zero-order valence-corrected chi connectivity index (χ0v) is 11.7. The summed E-state index contributed by atoms with van der Waals surface area (Å²) in [5, 5.41) is 0. The van der Waals surface area contributed by atoms with Gasteiger partial charge >= 0.3 is 0 Å². The van der Waals surface area contributed by atoms with E-state index in [0.29, 0.717) is 10.7 Å². The fourth-order valence-corrected chi connectivity index (χ4v) is 3.88. The largest absolute Gasteiger partial charge is 0.261 e. The van der Waals surface area contributed by atoms with Crippen LogP contribution in [0.25, 0.3) is 0 Å². The molecule has 0 bridgehead atoms. The van der Waals surface area contributed by atoms with E-state index in [2.05, 4.69) is 46.9 Å². The maximum atomic E-state index is 4.47. The van der Waals surface area contributed by atoms with Crippen LogP contribution >= 0.6 is 15.9 Å². The van der Waals surface area contributed by atoms with Crippen molar-refractivity contribution in [2.45, 2.75) is 43.9 Å². The quantitative estimate of drug-likeness (QED) is 0.749. The fraction of sp³-hybridized carbons (Fsp3) is 0.643. The Morgan fingerprint density at radius 1 is 1.38 bits per heavy atom. The van der Waals surface area contributed by atoms with Gasteiger partial charge in [-0.1, -0.05) is 48.7 Å². The molecule has 16 heavy (non-hydrogen) atoms. The number of hydrogen-bond donors (Lipinski definition) is 0. The molecule has 0 aliphatic heterocycles. The summed E-state index contributed by atoms with van der Waals surface area (Å²) in [7, 11) is 0. The summed E-state index contributed by atoms with van der Waals surface area (Å²) in [6, 6.07) is 6.20. The van der Waals surface area contributed by atoms with Gasteiger partial charge in [0.1, 0.15) is 0 Å². The van der Waals surface area contributed by atoms with Crippen molar-refractivity contribution in [1.82, 2.24) is 4.98 Å². The molecule has 1 fully saturated rings. The van der Waals surface area contributed by atoms with Crippen molar-refractivity contribution in [2.75, 3.05) is 0 Å². The first-order valence-electron chi connectivity index (χ1n) is 6.25. The minimum atomic E-state index is 0.506. The van der Waals surface area contributed by atoms with Crippen LogP contribution in [0.1, 0.15) is 44.7 Å². The molecule has 0 N–H and O–H groups in total. The number of pyridine rings is 1. The number of rotatable bonds is 3. The molecule has 1 saturated carbocycles. The molecule has 1 aliphatic carbocycles. The predicted octanol–water partition coefficient (Wildman–Crippen LogP) is 4.38. The van der Waals surface area contributed by atoms with Crippen molar-refractivity contribution in [3.8, 4) is 0 Å². The van der Waals surface area contributed by atoms with Crippen molar-refractivity contribution in [3.63, 3.8) is 0 Å². The second kappa shape index (κ2) is 5.31. The highest BCUT2D eigenvalue weighted by Gasteiger charge is 2.33. The number of hydrogen-bond acceptors (Lipinski definition) is 1. The standard InChI is InChI=1S/C14H20BrN/c1-10-6-5-7-12(10)14(15)11(2)13-8-3-4-9-16-13/h3-4,8-12,14H,5-7H2,1-2H3. The lowest BCUT2D eigenvalue weighted by Crippen LogP contribution is -2.23. The van der Waals surface area contributed by atoms with Crippen LogP contribution in [0.3, 0.4) is 0 Å². The van der Waals surface area contributed by atoms with Gasteiger partial charge in [0.05, 0.1) is 0 Å². The maximum Gasteiger partial charge on any atom is 0.0442 e. The molecule has 2 rings (SSSR count). The molecule has 2 heteroatoms. The molecule has 1 aromatic rings. The Bertz CT molecular complexity index is 325. The average molecular weight is 282 g/mol. The SMILES string of the molecule is CC1CCCC1C(Br)C(C)c1ccccn1. The van der Waals surface area contributed by atoms with Gasteiger partial charge in [-0.05, 0) is 30.4 Å². The summed E-state index contributed by atoms with van der Waals surface area (Å²) in [4.78, 5) is 5.04. The third kappa shape index (κ3) is 2.48. The molecule has 4 atom stereocenters. The van der Waals surface area contributed by atoms with Gasteiger partial charge in [0.15, 0.2) is 0 Å². The van der Waals surface area contributed by atoms with Gasteiger partial charge in [-0.15, -0.1) is 0 Å². The molecule has 1 nitrogen and oxygen atoms in total. The van der Waals surface area contributed by atoms with E-state index in [1.54, 1.807) is 0 Å². The topological polar surface area (TPSA) is 12.9 Å². The molecular weight excluding hydrogens is 262 g/mol. The molecule has 1 heterocycles. The van der Waals surface area contributed by atoms with E-state index < -0.39 is 0 Å². The Labute approximate surface area is 107 Å². The van der Waals surface area contributed by atoms with E-state index in [1.807, 2.05) is 12.3 Å². The molecule has 4 unspecified atom stereocenters. The third-order valence-corrected chi connectivity index (χ3v) is 5.44. The van der Waals surface area contributed by atoms with Crippen molar-refractivity contribution >= 4 is 15.9 Å². The first-order valence-corrected chi connectivity index (χ1v) is 7.16. The first-order chi connectivity index (χ1) is 7.70. The van der Waals surface area contributed by atoms with Crippen LogP contribution in [0, 0.1) is 11.8 Å². The van der Waals surface area contributed by atoms with Crippen molar-refractivity contribution < 1.29 is 0 Å². The lowest BCUT2D eigenvalue weighted by Gasteiger charge is -2.26. The number of halogens is 1. The predicted molar refractivity (Wildman–Crippen MR) is 71.9 cm³/mol. The highest BCUT2D eigenvalue weighted by atomic mass is 79.9. The first kappa shape index (κ1) is 12.1. The third-order valence-electron chi connectivity index (χ3n) is 3.97. The van der Waals surface area contributed by atoms with E-state index in [4.69, 9.17) is 0 Å². The Balaban J connectivity index is 2.07. The molecule has 0 radical (unpaired) electrons. The maximum absolute atomic E-state index is 4.47. The van der Waals surface area contributed by atoms with Crippen LogP contribution in [0.15, 0.2) is 24.4 Å². The van der Waals surface area contributed by atoms with E-state index in [1.165, 1.54) is 25.0 Å². The van der Waals surface area contributed by atoms with Crippen LogP contribution in [0.2, 0.25) is 0 Å².